The predicted octanol–water partition coefficient (Wildman–Crippen LogP) is 3.77. The molecule has 1 aliphatic heterocycles. The third-order valence-electron chi connectivity index (χ3n) is 5.50. The van der Waals surface area contributed by atoms with E-state index >= 15 is 0 Å². The van der Waals surface area contributed by atoms with Crippen molar-refractivity contribution in [3.63, 3.8) is 0 Å². The molecule has 0 aromatic rings. The Bertz CT molecular complexity index is 370. The predicted molar refractivity (Wildman–Crippen MR) is 95.3 cm³/mol. The Morgan fingerprint density at radius 3 is 2.32 bits per heavy atom. The first-order valence-electron chi connectivity index (χ1n) is 8.76. The maximum absolute atomic E-state index is 12.6. The van der Waals surface area contributed by atoms with Crippen molar-refractivity contribution in [3.8, 4) is 0 Å². The van der Waals surface area contributed by atoms with Crippen LogP contribution in [0.25, 0.3) is 0 Å². The van der Waals surface area contributed by atoms with Gasteiger partial charge in [0.05, 0.1) is 0 Å². The summed E-state index contributed by atoms with van der Waals surface area (Å²) in [4.78, 5) is 12.6. The first-order chi connectivity index (χ1) is 9.74. The molecule has 1 amide bonds. The molecular formula is C18H35ClN2O. The average molecular weight is 331 g/mol. The molecule has 0 radical (unpaired) electrons. The van der Waals surface area contributed by atoms with Crippen LogP contribution in [0, 0.1) is 22.7 Å². The highest BCUT2D eigenvalue weighted by Crippen LogP contribution is 2.58. The summed E-state index contributed by atoms with van der Waals surface area (Å²) >= 11 is 0. The summed E-state index contributed by atoms with van der Waals surface area (Å²) in [6, 6.07) is 0.298. The average Bonchev–Trinajstić information content (AvgIpc) is 3.07. The number of carbonyl (C=O) groups is 1. The van der Waals surface area contributed by atoms with Crippen molar-refractivity contribution in [1.29, 1.82) is 0 Å². The second-order valence-corrected chi connectivity index (χ2v) is 8.77. The zero-order valence-corrected chi connectivity index (χ0v) is 15.8. The highest BCUT2D eigenvalue weighted by molar-refractivity contribution is 5.85. The Balaban J connectivity index is 0.00000242. The van der Waals surface area contributed by atoms with Crippen LogP contribution in [0.2, 0.25) is 0 Å². The molecule has 0 bridgehead atoms. The zero-order valence-electron chi connectivity index (χ0n) is 15.0. The molecule has 2 aliphatic rings. The standard InChI is InChI=1S/C18H34N2O.ClH/c1-13(2)6-7-15(17(3,4)5)20-16(21)14-12-18(14)8-10-19-11-9-18;/h13-15,19H,6-12H2,1-5H3,(H,20,21);1H. The Labute approximate surface area is 142 Å². The minimum Gasteiger partial charge on any atom is -0.353 e. The highest BCUT2D eigenvalue weighted by atomic mass is 35.5. The second kappa shape index (κ2) is 7.53. The van der Waals surface area contributed by atoms with E-state index in [1.54, 1.807) is 0 Å². The van der Waals surface area contributed by atoms with Crippen LogP contribution in [-0.4, -0.2) is 25.0 Å². The van der Waals surface area contributed by atoms with Crippen molar-refractivity contribution in [3.05, 3.63) is 0 Å². The van der Waals surface area contributed by atoms with Crippen molar-refractivity contribution >= 4 is 18.3 Å². The molecule has 3 nitrogen and oxygen atoms in total. The lowest BCUT2D eigenvalue weighted by Gasteiger charge is -2.33. The number of piperidine rings is 1. The third kappa shape index (κ3) is 4.86. The molecule has 1 spiro atoms. The molecule has 1 heterocycles. The van der Waals surface area contributed by atoms with Gasteiger partial charge in [-0.1, -0.05) is 34.6 Å². The van der Waals surface area contributed by atoms with Crippen LogP contribution in [0.3, 0.4) is 0 Å². The molecule has 1 aliphatic carbocycles. The van der Waals surface area contributed by atoms with Gasteiger partial charge in [-0.2, -0.15) is 0 Å². The topological polar surface area (TPSA) is 41.1 Å². The summed E-state index contributed by atoms with van der Waals surface area (Å²) in [7, 11) is 0. The van der Waals surface area contributed by atoms with Crippen molar-refractivity contribution in [2.24, 2.45) is 22.7 Å². The lowest BCUT2D eigenvalue weighted by Crippen LogP contribution is -2.45. The first kappa shape index (κ1) is 19.8. The minimum atomic E-state index is 0. The van der Waals surface area contributed by atoms with E-state index in [2.05, 4.69) is 45.3 Å². The maximum atomic E-state index is 12.6. The van der Waals surface area contributed by atoms with E-state index in [4.69, 9.17) is 0 Å². The van der Waals surface area contributed by atoms with Crippen LogP contribution in [0.5, 0.6) is 0 Å². The van der Waals surface area contributed by atoms with Crippen LogP contribution in [0.15, 0.2) is 0 Å². The van der Waals surface area contributed by atoms with Crippen LogP contribution >= 0.6 is 12.4 Å². The smallest absolute Gasteiger partial charge is 0.223 e. The van der Waals surface area contributed by atoms with E-state index in [1.165, 1.54) is 19.3 Å². The molecule has 130 valence electrons. The van der Waals surface area contributed by atoms with E-state index in [1.807, 2.05) is 0 Å². The molecular weight excluding hydrogens is 296 g/mol. The number of amides is 1. The molecule has 1 saturated heterocycles. The Morgan fingerprint density at radius 2 is 1.82 bits per heavy atom. The van der Waals surface area contributed by atoms with Crippen molar-refractivity contribution in [1.82, 2.24) is 10.6 Å². The number of hydrogen-bond acceptors (Lipinski definition) is 2. The van der Waals surface area contributed by atoms with E-state index < -0.39 is 0 Å². The first-order valence-corrected chi connectivity index (χ1v) is 8.76. The lowest BCUT2D eigenvalue weighted by atomic mass is 9.82. The summed E-state index contributed by atoms with van der Waals surface area (Å²) in [6.07, 6.45) is 5.74. The molecule has 2 N–H and O–H groups in total. The van der Waals surface area contributed by atoms with Crippen LogP contribution in [0.1, 0.15) is 66.7 Å². The largest absolute Gasteiger partial charge is 0.353 e. The third-order valence-corrected chi connectivity index (χ3v) is 5.50. The summed E-state index contributed by atoms with van der Waals surface area (Å²) in [6.45, 7) is 13.4. The van der Waals surface area contributed by atoms with E-state index in [-0.39, 0.29) is 23.7 Å². The fourth-order valence-corrected chi connectivity index (χ4v) is 3.69. The van der Waals surface area contributed by atoms with Crippen LogP contribution < -0.4 is 10.6 Å². The Kier molecular flexibility index (Phi) is 6.76. The molecule has 2 fully saturated rings. The minimum absolute atomic E-state index is 0. The van der Waals surface area contributed by atoms with Crippen molar-refractivity contribution in [2.75, 3.05) is 13.1 Å². The second-order valence-electron chi connectivity index (χ2n) is 8.77. The van der Waals surface area contributed by atoms with E-state index in [9.17, 15) is 4.79 Å². The normalized spacial score (nSPS) is 24.7. The van der Waals surface area contributed by atoms with Gasteiger partial charge in [0.25, 0.3) is 0 Å². The van der Waals surface area contributed by atoms with Gasteiger partial charge in [0, 0.05) is 12.0 Å². The molecule has 0 aromatic heterocycles. The molecule has 2 atom stereocenters. The van der Waals surface area contributed by atoms with Gasteiger partial charge in [-0.25, -0.2) is 0 Å². The monoisotopic (exact) mass is 330 g/mol. The van der Waals surface area contributed by atoms with E-state index in [0.29, 0.717) is 23.3 Å². The van der Waals surface area contributed by atoms with Gasteiger partial charge in [0.15, 0.2) is 0 Å². The number of hydrogen-bond donors (Lipinski definition) is 2. The highest BCUT2D eigenvalue weighted by Gasteiger charge is 2.57. The number of rotatable bonds is 5. The molecule has 0 aromatic carbocycles. The van der Waals surface area contributed by atoms with Crippen LogP contribution in [0.4, 0.5) is 0 Å². The summed E-state index contributed by atoms with van der Waals surface area (Å²) in [5.41, 5.74) is 0.483. The van der Waals surface area contributed by atoms with Gasteiger partial charge in [0.1, 0.15) is 0 Å². The molecule has 2 rings (SSSR count). The Hall–Kier alpha value is -0.280. The summed E-state index contributed by atoms with van der Waals surface area (Å²) in [5, 5.41) is 6.79. The quantitative estimate of drug-likeness (QED) is 0.805. The molecule has 1 saturated carbocycles. The van der Waals surface area contributed by atoms with Crippen molar-refractivity contribution < 1.29 is 4.79 Å². The molecule has 22 heavy (non-hydrogen) atoms. The van der Waals surface area contributed by atoms with Gasteiger partial charge in [-0.05, 0) is 61.9 Å². The van der Waals surface area contributed by atoms with Gasteiger partial charge < -0.3 is 10.6 Å². The number of nitrogens with one attached hydrogen (secondary N) is 2. The molecule has 2 unspecified atom stereocenters. The number of carbonyl (C=O) groups excluding carboxylic acids is 1. The SMILES string of the molecule is CC(C)CCC(NC(=O)C1CC12CCNCC2)C(C)(C)C.Cl. The van der Waals surface area contributed by atoms with Gasteiger partial charge >= 0.3 is 0 Å². The number of halogens is 1. The zero-order chi connectivity index (χ0) is 15.7. The van der Waals surface area contributed by atoms with Crippen molar-refractivity contribution in [2.45, 2.75) is 72.8 Å². The maximum Gasteiger partial charge on any atom is 0.223 e. The summed E-state index contributed by atoms with van der Waals surface area (Å²) in [5.74, 6) is 1.30. The van der Waals surface area contributed by atoms with Gasteiger partial charge in [-0.3, -0.25) is 4.79 Å². The van der Waals surface area contributed by atoms with Crippen LogP contribution in [-0.2, 0) is 4.79 Å². The summed E-state index contributed by atoms with van der Waals surface area (Å²) < 4.78 is 0. The van der Waals surface area contributed by atoms with Gasteiger partial charge in [0.2, 0.25) is 5.91 Å². The molecule has 4 heteroatoms. The fourth-order valence-electron chi connectivity index (χ4n) is 3.69. The fraction of sp³-hybridized carbons (Fsp3) is 0.944. The lowest BCUT2D eigenvalue weighted by molar-refractivity contribution is -0.124. The Morgan fingerprint density at radius 1 is 1.23 bits per heavy atom. The van der Waals surface area contributed by atoms with Gasteiger partial charge in [-0.15, -0.1) is 12.4 Å². The van der Waals surface area contributed by atoms with E-state index in [0.717, 1.165) is 25.9 Å².